The standard InChI is InChI=1S/C22H22N4O3S/c27-22(25-21-13-4-5-14-23-21)20-12-6-11-19(24-20)17-8-7-15-26(16-17)30(28,29)18-9-2-1-3-10-18/h1-6,9-14,17H,7-8,15-16H2,(H,23,25,27). The lowest BCUT2D eigenvalue weighted by Gasteiger charge is -2.31. The van der Waals surface area contributed by atoms with E-state index >= 15 is 0 Å². The summed E-state index contributed by atoms with van der Waals surface area (Å²) >= 11 is 0. The quantitative estimate of drug-likeness (QED) is 0.681. The number of nitrogens with one attached hydrogen (secondary N) is 1. The Kier molecular flexibility index (Phi) is 5.87. The van der Waals surface area contributed by atoms with Crippen LogP contribution in [0.25, 0.3) is 0 Å². The molecule has 4 rings (SSSR count). The van der Waals surface area contributed by atoms with Gasteiger partial charge in [0, 0.05) is 30.9 Å². The van der Waals surface area contributed by atoms with Gasteiger partial charge in [-0.15, -0.1) is 0 Å². The highest BCUT2D eigenvalue weighted by Crippen LogP contribution is 2.29. The highest BCUT2D eigenvalue weighted by molar-refractivity contribution is 7.89. The van der Waals surface area contributed by atoms with Crippen LogP contribution in [-0.2, 0) is 10.0 Å². The van der Waals surface area contributed by atoms with E-state index in [1.54, 1.807) is 66.9 Å². The maximum absolute atomic E-state index is 13.0. The Morgan fingerprint density at radius 3 is 2.57 bits per heavy atom. The second kappa shape index (κ2) is 8.73. The molecule has 0 bridgehead atoms. The van der Waals surface area contributed by atoms with Gasteiger partial charge in [-0.05, 0) is 49.2 Å². The minimum atomic E-state index is -3.55. The molecule has 30 heavy (non-hydrogen) atoms. The van der Waals surface area contributed by atoms with Gasteiger partial charge in [0.25, 0.3) is 5.91 Å². The van der Waals surface area contributed by atoms with E-state index in [0.29, 0.717) is 23.8 Å². The minimum Gasteiger partial charge on any atom is -0.305 e. The van der Waals surface area contributed by atoms with Crippen LogP contribution in [0, 0.1) is 0 Å². The van der Waals surface area contributed by atoms with Crippen LogP contribution in [0.4, 0.5) is 5.82 Å². The van der Waals surface area contributed by atoms with Gasteiger partial charge in [-0.3, -0.25) is 4.79 Å². The zero-order valence-corrected chi connectivity index (χ0v) is 17.1. The predicted octanol–water partition coefficient (Wildman–Crippen LogP) is 3.30. The van der Waals surface area contributed by atoms with Gasteiger partial charge >= 0.3 is 0 Å². The van der Waals surface area contributed by atoms with Crippen LogP contribution in [-0.4, -0.2) is 41.7 Å². The molecule has 0 spiro atoms. The summed E-state index contributed by atoms with van der Waals surface area (Å²) in [6.45, 7) is 0.823. The molecule has 3 heterocycles. The first-order chi connectivity index (χ1) is 14.5. The summed E-state index contributed by atoms with van der Waals surface area (Å²) in [6.07, 6.45) is 3.16. The number of aromatic nitrogens is 2. The van der Waals surface area contributed by atoms with Crippen LogP contribution in [0.5, 0.6) is 0 Å². The summed E-state index contributed by atoms with van der Waals surface area (Å²) in [5.41, 5.74) is 0.998. The van der Waals surface area contributed by atoms with Crippen molar-refractivity contribution in [2.45, 2.75) is 23.7 Å². The fourth-order valence-corrected chi connectivity index (χ4v) is 5.11. The van der Waals surface area contributed by atoms with Gasteiger partial charge in [0.1, 0.15) is 11.5 Å². The van der Waals surface area contributed by atoms with E-state index in [2.05, 4.69) is 15.3 Å². The Labute approximate surface area is 175 Å². The summed E-state index contributed by atoms with van der Waals surface area (Å²) in [5, 5.41) is 2.72. The zero-order valence-electron chi connectivity index (χ0n) is 16.3. The largest absolute Gasteiger partial charge is 0.305 e. The van der Waals surface area contributed by atoms with Gasteiger partial charge in [0.05, 0.1) is 4.90 Å². The van der Waals surface area contributed by atoms with Crippen molar-refractivity contribution in [2.75, 3.05) is 18.4 Å². The van der Waals surface area contributed by atoms with Crippen molar-refractivity contribution in [1.82, 2.24) is 14.3 Å². The number of anilines is 1. The Hall–Kier alpha value is -3.10. The summed E-state index contributed by atoms with van der Waals surface area (Å²) in [5.74, 6) is 0.0347. The van der Waals surface area contributed by atoms with E-state index in [1.165, 1.54) is 4.31 Å². The van der Waals surface area contributed by atoms with Gasteiger partial charge in [-0.2, -0.15) is 4.31 Å². The number of nitrogens with zero attached hydrogens (tertiary/aromatic N) is 3. The summed E-state index contributed by atoms with van der Waals surface area (Å²) in [6, 6.07) is 19.0. The Bertz CT molecular complexity index is 1120. The van der Waals surface area contributed by atoms with E-state index in [9.17, 15) is 13.2 Å². The number of hydrogen-bond acceptors (Lipinski definition) is 5. The van der Waals surface area contributed by atoms with Gasteiger partial charge in [-0.25, -0.2) is 18.4 Å². The van der Waals surface area contributed by atoms with Crippen LogP contribution < -0.4 is 5.32 Å². The molecule has 2 aromatic heterocycles. The van der Waals surface area contributed by atoms with E-state index in [1.807, 2.05) is 6.07 Å². The molecule has 1 N–H and O–H groups in total. The first kappa shape index (κ1) is 20.2. The van der Waals surface area contributed by atoms with Gasteiger partial charge in [0.15, 0.2) is 0 Å². The molecule has 1 saturated heterocycles. The lowest BCUT2D eigenvalue weighted by Crippen LogP contribution is -2.39. The summed E-state index contributed by atoms with van der Waals surface area (Å²) in [4.78, 5) is 21.4. The second-order valence-corrected chi connectivity index (χ2v) is 9.07. The molecule has 1 aromatic carbocycles. The molecule has 1 unspecified atom stereocenters. The third-order valence-electron chi connectivity index (χ3n) is 5.09. The number of carbonyl (C=O) groups is 1. The molecule has 3 aromatic rings. The molecule has 1 aliphatic rings. The van der Waals surface area contributed by atoms with Crippen molar-refractivity contribution in [3.05, 3.63) is 84.3 Å². The highest BCUT2D eigenvalue weighted by Gasteiger charge is 2.31. The lowest BCUT2D eigenvalue weighted by atomic mass is 9.95. The molecule has 154 valence electrons. The van der Waals surface area contributed by atoms with Gasteiger partial charge in [-0.1, -0.05) is 30.3 Å². The lowest BCUT2D eigenvalue weighted by molar-refractivity contribution is 0.102. The molecular formula is C22H22N4O3S. The van der Waals surface area contributed by atoms with Crippen molar-refractivity contribution < 1.29 is 13.2 Å². The Balaban J connectivity index is 1.51. The minimum absolute atomic E-state index is 0.0696. The predicted molar refractivity (Wildman–Crippen MR) is 114 cm³/mol. The van der Waals surface area contributed by atoms with Crippen molar-refractivity contribution in [1.29, 1.82) is 0 Å². The molecular weight excluding hydrogens is 400 g/mol. The molecule has 7 nitrogen and oxygen atoms in total. The molecule has 0 aliphatic carbocycles. The summed E-state index contributed by atoms with van der Waals surface area (Å²) < 4.78 is 27.5. The maximum Gasteiger partial charge on any atom is 0.275 e. The van der Waals surface area contributed by atoms with Crippen molar-refractivity contribution in [2.24, 2.45) is 0 Å². The third-order valence-corrected chi connectivity index (χ3v) is 6.97. The van der Waals surface area contributed by atoms with Crippen LogP contribution >= 0.6 is 0 Å². The third kappa shape index (κ3) is 4.39. The summed E-state index contributed by atoms with van der Waals surface area (Å²) in [7, 11) is -3.55. The topological polar surface area (TPSA) is 92.3 Å². The molecule has 1 amide bonds. The van der Waals surface area contributed by atoms with E-state index < -0.39 is 10.0 Å². The Morgan fingerprint density at radius 2 is 1.80 bits per heavy atom. The number of rotatable bonds is 5. The van der Waals surface area contributed by atoms with Crippen molar-refractivity contribution >= 4 is 21.7 Å². The molecule has 1 atom stereocenters. The smallest absolute Gasteiger partial charge is 0.275 e. The normalized spacial score (nSPS) is 17.4. The number of sulfonamides is 1. The first-order valence-electron chi connectivity index (χ1n) is 9.78. The maximum atomic E-state index is 13.0. The molecule has 0 radical (unpaired) electrons. The fourth-order valence-electron chi connectivity index (χ4n) is 3.57. The van der Waals surface area contributed by atoms with Crippen molar-refractivity contribution in [3.8, 4) is 0 Å². The van der Waals surface area contributed by atoms with Gasteiger partial charge in [0.2, 0.25) is 10.0 Å². The van der Waals surface area contributed by atoms with Gasteiger partial charge < -0.3 is 5.32 Å². The average Bonchev–Trinajstić information content (AvgIpc) is 2.80. The molecule has 1 fully saturated rings. The molecule has 0 saturated carbocycles. The van der Waals surface area contributed by atoms with Crippen LogP contribution in [0.2, 0.25) is 0 Å². The van der Waals surface area contributed by atoms with Crippen LogP contribution in [0.15, 0.2) is 77.8 Å². The van der Waals surface area contributed by atoms with E-state index in [-0.39, 0.29) is 17.5 Å². The van der Waals surface area contributed by atoms with Crippen LogP contribution in [0.1, 0.15) is 34.9 Å². The number of amides is 1. The number of hydrogen-bond donors (Lipinski definition) is 1. The second-order valence-electron chi connectivity index (χ2n) is 7.13. The number of carbonyl (C=O) groups excluding carboxylic acids is 1. The van der Waals surface area contributed by atoms with E-state index in [0.717, 1.165) is 18.5 Å². The van der Waals surface area contributed by atoms with Crippen LogP contribution in [0.3, 0.4) is 0 Å². The van der Waals surface area contributed by atoms with E-state index in [4.69, 9.17) is 0 Å². The van der Waals surface area contributed by atoms with Crippen molar-refractivity contribution in [3.63, 3.8) is 0 Å². The average molecular weight is 423 g/mol. The molecule has 1 aliphatic heterocycles. The SMILES string of the molecule is O=C(Nc1ccccn1)c1cccc(C2CCCN(S(=O)(=O)c3ccccc3)C2)n1. The highest BCUT2D eigenvalue weighted by atomic mass is 32.2. The number of pyridine rings is 2. The number of benzene rings is 1. The monoisotopic (exact) mass is 422 g/mol. The fraction of sp³-hybridized carbons (Fsp3) is 0.227. The number of piperidine rings is 1. The first-order valence-corrected chi connectivity index (χ1v) is 11.2. The molecule has 8 heteroatoms. The Morgan fingerprint density at radius 1 is 1.00 bits per heavy atom. The zero-order chi connectivity index (χ0) is 21.0.